The first-order valence-electron chi connectivity index (χ1n) is 6.26. The third-order valence-electron chi connectivity index (χ3n) is 2.95. The first-order chi connectivity index (χ1) is 9.56. The highest BCUT2D eigenvalue weighted by atomic mass is 16.5. The number of furan rings is 1. The van der Waals surface area contributed by atoms with Gasteiger partial charge in [-0.3, -0.25) is 4.79 Å². The average molecular weight is 275 g/mol. The molecule has 0 atom stereocenters. The second kappa shape index (κ2) is 6.18. The largest absolute Gasteiger partial charge is 0.467 e. The Labute approximate surface area is 117 Å². The highest BCUT2D eigenvalue weighted by Crippen LogP contribution is 2.10. The predicted molar refractivity (Wildman–Crippen MR) is 72.2 cm³/mol. The Balaban J connectivity index is 1.86. The Morgan fingerprint density at radius 2 is 2.20 bits per heavy atom. The molecule has 0 aliphatic heterocycles. The van der Waals surface area contributed by atoms with Crippen molar-refractivity contribution in [3.63, 3.8) is 0 Å². The first kappa shape index (κ1) is 14.0. The van der Waals surface area contributed by atoms with Gasteiger partial charge in [-0.15, -0.1) is 5.10 Å². The molecular weight excluding hydrogens is 258 g/mol. The number of carbonyl (C=O) groups is 1. The molecule has 0 aliphatic rings. The summed E-state index contributed by atoms with van der Waals surface area (Å²) in [5.74, 6) is 0.932. The SMILES string of the molecule is Cc1cc(OCC(=O)N(C)Cc2ccco2)nnc1C. The minimum absolute atomic E-state index is 0.0750. The predicted octanol–water partition coefficient (Wildman–Crippen LogP) is 1.72. The second-order valence-corrected chi connectivity index (χ2v) is 4.57. The van der Waals surface area contributed by atoms with E-state index in [1.807, 2.05) is 19.9 Å². The molecule has 0 aliphatic carbocycles. The maximum Gasteiger partial charge on any atom is 0.260 e. The number of aromatic nitrogens is 2. The maximum absolute atomic E-state index is 11.9. The smallest absolute Gasteiger partial charge is 0.260 e. The van der Waals surface area contributed by atoms with Gasteiger partial charge in [0.1, 0.15) is 5.76 Å². The summed E-state index contributed by atoms with van der Waals surface area (Å²) in [5.41, 5.74) is 1.82. The molecule has 0 saturated carbocycles. The minimum Gasteiger partial charge on any atom is -0.467 e. The van der Waals surface area contributed by atoms with Gasteiger partial charge in [-0.05, 0) is 31.5 Å². The van der Waals surface area contributed by atoms with Crippen molar-refractivity contribution in [1.29, 1.82) is 0 Å². The van der Waals surface area contributed by atoms with Crippen LogP contribution in [-0.2, 0) is 11.3 Å². The van der Waals surface area contributed by atoms with Crippen molar-refractivity contribution in [1.82, 2.24) is 15.1 Å². The van der Waals surface area contributed by atoms with Crippen LogP contribution in [0, 0.1) is 13.8 Å². The van der Waals surface area contributed by atoms with Crippen molar-refractivity contribution in [2.75, 3.05) is 13.7 Å². The number of hydrogen-bond donors (Lipinski definition) is 0. The maximum atomic E-state index is 11.9. The molecular formula is C14H17N3O3. The normalized spacial score (nSPS) is 10.3. The highest BCUT2D eigenvalue weighted by Gasteiger charge is 2.12. The van der Waals surface area contributed by atoms with Gasteiger partial charge in [-0.25, -0.2) is 0 Å². The van der Waals surface area contributed by atoms with E-state index in [4.69, 9.17) is 9.15 Å². The van der Waals surface area contributed by atoms with E-state index in [9.17, 15) is 4.79 Å². The Bertz CT molecular complexity index is 581. The number of hydrogen-bond acceptors (Lipinski definition) is 5. The molecule has 6 nitrogen and oxygen atoms in total. The topological polar surface area (TPSA) is 68.5 Å². The van der Waals surface area contributed by atoms with Crippen LogP contribution in [0.2, 0.25) is 0 Å². The van der Waals surface area contributed by atoms with Crippen molar-refractivity contribution in [2.24, 2.45) is 0 Å². The zero-order valence-electron chi connectivity index (χ0n) is 11.8. The highest BCUT2D eigenvalue weighted by molar-refractivity contribution is 5.77. The van der Waals surface area contributed by atoms with E-state index in [-0.39, 0.29) is 12.5 Å². The summed E-state index contributed by atoms with van der Waals surface area (Å²) in [4.78, 5) is 13.4. The van der Waals surface area contributed by atoms with Crippen LogP contribution in [0.3, 0.4) is 0 Å². The average Bonchev–Trinajstić information content (AvgIpc) is 2.92. The number of likely N-dealkylation sites (N-methyl/N-ethyl adjacent to an activating group) is 1. The quantitative estimate of drug-likeness (QED) is 0.831. The lowest BCUT2D eigenvalue weighted by Gasteiger charge is -2.15. The Kier molecular flexibility index (Phi) is 4.34. The van der Waals surface area contributed by atoms with Crippen LogP contribution in [0.1, 0.15) is 17.0 Å². The molecule has 0 unspecified atom stereocenters. The van der Waals surface area contributed by atoms with E-state index in [1.54, 1.807) is 25.4 Å². The summed E-state index contributed by atoms with van der Waals surface area (Å²) in [6.45, 7) is 4.12. The molecule has 0 spiro atoms. The molecule has 0 fully saturated rings. The van der Waals surface area contributed by atoms with Gasteiger partial charge in [0.2, 0.25) is 5.88 Å². The Morgan fingerprint density at radius 3 is 2.85 bits per heavy atom. The second-order valence-electron chi connectivity index (χ2n) is 4.57. The molecule has 0 bridgehead atoms. The molecule has 106 valence electrons. The number of ether oxygens (including phenoxy) is 1. The number of aryl methyl sites for hydroxylation is 2. The fourth-order valence-corrected chi connectivity index (χ4v) is 1.56. The van der Waals surface area contributed by atoms with Gasteiger partial charge in [0.15, 0.2) is 6.61 Å². The van der Waals surface area contributed by atoms with Crippen molar-refractivity contribution < 1.29 is 13.9 Å². The summed E-state index contributed by atoms with van der Waals surface area (Å²) >= 11 is 0. The Hall–Kier alpha value is -2.37. The van der Waals surface area contributed by atoms with Gasteiger partial charge in [-0.2, -0.15) is 5.10 Å². The number of amides is 1. The zero-order valence-corrected chi connectivity index (χ0v) is 11.8. The minimum atomic E-state index is -0.151. The lowest BCUT2D eigenvalue weighted by atomic mass is 10.2. The lowest BCUT2D eigenvalue weighted by Crippen LogP contribution is -2.31. The fourth-order valence-electron chi connectivity index (χ4n) is 1.56. The molecule has 2 aromatic heterocycles. The van der Waals surface area contributed by atoms with Gasteiger partial charge in [0, 0.05) is 13.1 Å². The standard InChI is InChI=1S/C14H17N3O3/c1-10-7-13(16-15-11(10)2)20-9-14(18)17(3)8-12-5-4-6-19-12/h4-7H,8-9H2,1-3H3. The van der Waals surface area contributed by atoms with Gasteiger partial charge >= 0.3 is 0 Å². The van der Waals surface area contributed by atoms with E-state index in [0.29, 0.717) is 12.4 Å². The lowest BCUT2D eigenvalue weighted by molar-refractivity contribution is -0.132. The Morgan fingerprint density at radius 1 is 1.40 bits per heavy atom. The molecule has 0 aromatic carbocycles. The number of carbonyl (C=O) groups excluding carboxylic acids is 1. The van der Waals surface area contributed by atoms with E-state index >= 15 is 0 Å². The molecule has 0 radical (unpaired) electrons. The zero-order chi connectivity index (χ0) is 14.5. The third kappa shape index (κ3) is 3.57. The molecule has 0 N–H and O–H groups in total. The molecule has 2 rings (SSSR count). The van der Waals surface area contributed by atoms with Crippen LogP contribution in [0.4, 0.5) is 0 Å². The van der Waals surface area contributed by atoms with Crippen LogP contribution >= 0.6 is 0 Å². The summed E-state index contributed by atoms with van der Waals surface area (Å²) in [6, 6.07) is 5.37. The molecule has 2 heterocycles. The molecule has 2 aromatic rings. The fraction of sp³-hybridized carbons (Fsp3) is 0.357. The monoisotopic (exact) mass is 275 g/mol. The van der Waals surface area contributed by atoms with Crippen LogP contribution in [0.15, 0.2) is 28.9 Å². The summed E-state index contributed by atoms with van der Waals surface area (Å²) in [6.07, 6.45) is 1.58. The van der Waals surface area contributed by atoms with E-state index in [0.717, 1.165) is 17.0 Å². The van der Waals surface area contributed by atoms with Crippen LogP contribution < -0.4 is 4.74 Å². The summed E-state index contributed by atoms with van der Waals surface area (Å²) in [7, 11) is 1.69. The van der Waals surface area contributed by atoms with E-state index in [2.05, 4.69) is 10.2 Å². The molecule has 1 amide bonds. The van der Waals surface area contributed by atoms with Gasteiger partial charge in [-0.1, -0.05) is 0 Å². The van der Waals surface area contributed by atoms with Gasteiger partial charge in [0.05, 0.1) is 18.5 Å². The summed E-state index contributed by atoms with van der Waals surface area (Å²) in [5, 5.41) is 7.83. The van der Waals surface area contributed by atoms with Gasteiger partial charge in [0.25, 0.3) is 5.91 Å². The summed E-state index contributed by atoms with van der Waals surface area (Å²) < 4.78 is 10.5. The van der Waals surface area contributed by atoms with E-state index < -0.39 is 0 Å². The first-order valence-corrected chi connectivity index (χ1v) is 6.26. The number of nitrogens with zero attached hydrogens (tertiary/aromatic N) is 3. The molecule has 20 heavy (non-hydrogen) atoms. The molecule has 0 saturated heterocycles. The van der Waals surface area contributed by atoms with Crippen LogP contribution in [0.5, 0.6) is 5.88 Å². The van der Waals surface area contributed by atoms with Crippen molar-refractivity contribution in [2.45, 2.75) is 20.4 Å². The van der Waals surface area contributed by atoms with Crippen LogP contribution in [0.25, 0.3) is 0 Å². The number of rotatable bonds is 5. The third-order valence-corrected chi connectivity index (χ3v) is 2.95. The van der Waals surface area contributed by atoms with Crippen molar-refractivity contribution >= 4 is 5.91 Å². The molecule has 6 heteroatoms. The van der Waals surface area contributed by atoms with Crippen LogP contribution in [-0.4, -0.2) is 34.7 Å². The van der Waals surface area contributed by atoms with Crippen molar-refractivity contribution in [3.8, 4) is 5.88 Å². The van der Waals surface area contributed by atoms with Gasteiger partial charge < -0.3 is 14.1 Å². The van der Waals surface area contributed by atoms with Crippen molar-refractivity contribution in [3.05, 3.63) is 41.5 Å². The van der Waals surface area contributed by atoms with E-state index in [1.165, 1.54) is 4.90 Å².